The molecule has 3 heterocycles. The van der Waals surface area contributed by atoms with E-state index < -0.39 is 0 Å². The SMILES string of the molecule is CC(C)N1CCC(c2ncc3c(CN)cccn23)C1. The minimum Gasteiger partial charge on any atom is -0.326 e. The summed E-state index contributed by atoms with van der Waals surface area (Å²) in [5, 5.41) is 0. The highest BCUT2D eigenvalue weighted by Crippen LogP contribution is 2.28. The van der Waals surface area contributed by atoms with Crippen LogP contribution in [0.15, 0.2) is 24.5 Å². The van der Waals surface area contributed by atoms with E-state index in [0.29, 0.717) is 18.5 Å². The van der Waals surface area contributed by atoms with Gasteiger partial charge in [0.25, 0.3) is 0 Å². The molecule has 3 rings (SSSR count). The van der Waals surface area contributed by atoms with Gasteiger partial charge in [-0.15, -0.1) is 0 Å². The summed E-state index contributed by atoms with van der Waals surface area (Å²) in [6.45, 7) is 7.38. The summed E-state index contributed by atoms with van der Waals surface area (Å²) in [6.07, 6.45) is 5.27. The topological polar surface area (TPSA) is 46.6 Å². The van der Waals surface area contributed by atoms with Gasteiger partial charge in [-0.05, 0) is 38.4 Å². The first-order valence-corrected chi connectivity index (χ1v) is 7.09. The summed E-state index contributed by atoms with van der Waals surface area (Å²) in [4.78, 5) is 7.19. The van der Waals surface area contributed by atoms with E-state index in [1.165, 1.54) is 24.4 Å². The smallest absolute Gasteiger partial charge is 0.117 e. The first-order valence-electron chi connectivity index (χ1n) is 7.09. The molecule has 4 heteroatoms. The summed E-state index contributed by atoms with van der Waals surface area (Å²) in [7, 11) is 0. The second-order valence-electron chi connectivity index (χ2n) is 5.68. The van der Waals surface area contributed by atoms with E-state index in [0.717, 1.165) is 12.1 Å². The average Bonchev–Trinajstić information content (AvgIpc) is 3.04. The molecule has 0 saturated carbocycles. The zero-order valence-corrected chi connectivity index (χ0v) is 11.7. The summed E-state index contributed by atoms with van der Waals surface area (Å²) >= 11 is 0. The van der Waals surface area contributed by atoms with Gasteiger partial charge >= 0.3 is 0 Å². The van der Waals surface area contributed by atoms with Gasteiger partial charge in [0.2, 0.25) is 0 Å². The van der Waals surface area contributed by atoms with E-state index in [2.05, 4.69) is 46.5 Å². The number of hydrogen-bond acceptors (Lipinski definition) is 3. The van der Waals surface area contributed by atoms with Gasteiger partial charge in [-0.1, -0.05) is 6.07 Å². The summed E-state index contributed by atoms with van der Waals surface area (Å²) in [5.74, 6) is 1.73. The second kappa shape index (κ2) is 4.94. The van der Waals surface area contributed by atoms with Crippen molar-refractivity contribution in [3.63, 3.8) is 0 Å². The molecule has 0 bridgehead atoms. The lowest BCUT2D eigenvalue weighted by atomic mass is 10.1. The average molecular weight is 258 g/mol. The molecule has 1 saturated heterocycles. The maximum Gasteiger partial charge on any atom is 0.117 e. The zero-order valence-electron chi connectivity index (χ0n) is 11.7. The molecule has 2 aromatic rings. The van der Waals surface area contributed by atoms with Crippen LogP contribution in [0.5, 0.6) is 0 Å². The quantitative estimate of drug-likeness (QED) is 0.916. The molecule has 19 heavy (non-hydrogen) atoms. The number of imidazole rings is 1. The molecule has 0 aromatic carbocycles. The summed E-state index contributed by atoms with van der Waals surface area (Å²) in [5.41, 5.74) is 8.11. The molecule has 0 aliphatic carbocycles. The number of nitrogens with zero attached hydrogens (tertiary/aromatic N) is 3. The van der Waals surface area contributed by atoms with Crippen LogP contribution in [-0.2, 0) is 6.54 Å². The molecule has 1 atom stereocenters. The van der Waals surface area contributed by atoms with Crippen molar-refractivity contribution in [1.82, 2.24) is 14.3 Å². The highest BCUT2D eigenvalue weighted by atomic mass is 15.2. The van der Waals surface area contributed by atoms with E-state index in [1.807, 2.05) is 6.20 Å². The normalized spacial score (nSPS) is 20.7. The van der Waals surface area contributed by atoms with Gasteiger partial charge in [0.1, 0.15) is 5.82 Å². The Balaban J connectivity index is 1.94. The van der Waals surface area contributed by atoms with Crippen LogP contribution < -0.4 is 5.73 Å². The van der Waals surface area contributed by atoms with Crippen LogP contribution in [0.25, 0.3) is 5.52 Å². The van der Waals surface area contributed by atoms with E-state index in [1.54, 1.807) is 0 Å². The van der Waals surface area contributed by atoms with Crippen LogP contribution >= 0.6 is 0 Å². The van der Waals surface area contributed by atoms with Crippen molar-refractivity contribution < 1.29 is 0 Å². The number of rotatable bonds is 3. The van der Waals surface area contributed by atoms with Crippen LogP contribution in [0.4, 0.5) is 0 Å². The van der Waals surface area contributed by atoms with Crippen LogP contribution in [0.2, 0.25) is 0 Å². The minimum atomic E-state index is 0.540. The van der Waals surface area contributed by atoms with Crippen LogP contribution in [0, 0.1) is 0 Å². The van der Waals surface area contributed by atoms with Gasteiger partial charge in [0.15, 0.2) is 0 Å². The van der Waals surface area contributed by atoms with Crippen molar-refractivity contribution in [2.24, 2.45) is 5.73 Å². The van der Waals surface area contributed by atoms with E-state index in [9.17, 15) is 0 Å². The largest absolute Gasteiger partial charge is 0.326 e. The molecule has 102 valence electrons. The number of fused-ring (bicyclic) bond motifs is 1. The Morgan fingerprint density at radius 2 is 2.32 bits per heavy atom. The molecule has 1 aliphatic rings. The second-order valence-corrected chi connectivity index (χ2v) is 5.68. The molecule has 2 aromatic heterocycles. The minimum absolute atomic E-state index is 0.540. The Labute approximate surface area is 114 Å². The van der Waals surface area contributed by atoms with Crippen molar-refractivity contribution in [2.45, 2.75) is 38.8 Å². The van der Waals surface area contributed by atoms with Gasteiger partial charge < -0.3 is 15.0 Å². The monoisotopic (exact) mass is 258 g/mol. The molecular weight excluding hydrogens is 236 g/mol. The molecule has 4 nitrogen and oxygen atoms in total. The Morgan fingerprint density at radius 3 is 3.00 bits per heavy atom. The number of hydrogen-bond donors (Lipinski definition) is 1. The molecule has 1 aliphatic heterocycles. The van der Waals surface area contributed by atoms with Gasteiger partial charge in [-0.3, -0.25) is 0 Å². The highest BCUT2D eigenvalue weighted by molar-refractivity contribution is 5.54. The predicted molar refractivity (Wildman–Crippen MR) is 77.2 cm³/mol. The van der Waals surface area contributed by atoms with E-state index >= 15 is 0 Å². The van der Waals surface area contributed by atoms with Crippen molar-refractivity contribution in [2.75, 3.05) is 13.1 Å². The lowest BCUT2D eigenvalue weighted by Gasteiger charge is -2.19. The van der Waals surface area contributed by atoms with Crippen LogP contribution in [0.1, 0.15) is 37.6 Å². The fourth-order valence-corrected chi connectivity index (χ4v) is 3.04. The van der Waals surface area contributed by atoms with Gasteiger partial charge in [0, 0.05) is 31.2 Å². The van der Waals surface area contributed by atoms with Crippen molar-refractivity contribution in [3.05, 3.63) is 35.9 Å². The molecule has 1 unspecified atom stereocenters. The number of pyridine rings is 1. The standard InChI is InChI=1S/C15H22N4/c1-11(2)18-7-5-13(10-18)15-17-9-14-12(8-16)4-3-6-19(14)15/h3-4,6,9,11,13H,5,7-8,10,16H2,1-2H3. The van der Waals surface area contributed by atoms with E-state index in [-0.39, 0.29) is 0 Å². The Morgan fingerprint density at radius 1 is 1.47 bits per heavy atom. The number of likely N-dealkylation sites (tertiary alicyclic amines) is 1. The Hall–Kier alpha value is -1.39. The molecule has 2 N–H and O–H groups in total. The fourth-order valence-electron chi connectivity index (χ4n) is 3.04. The third-order valence-corrected chi connectivity index (χ3v) is 4.22. The van der Waals surface area contributed by atoms with Gasteiger partial charge in [-0.25, -0.2) is 4.98 Å². The van der Waals surface area contributed by atoms with Crippen molar-refractivity contribution in [3.8, 4) is 0 Å². The lowest BCUT2D eigenvalue weighted by Crippen LogP contribution is -2.28. The van der Waals surface area contributed by atoms with Gasteiger partial charge in [-0.2, -0.15) is 0 Å². The number of nitrogens with two attached hydrogens (primary N) is 1. The maximum atomic E-state index is 5.79. The van der Waals surface area contributed by atoms with Crippen LogP contribution in [0.3, 0.4) is 0 Å². The predicted octanol–water partition coefficient (Wildman–Crippen LogP) is 1.99. The highest BCUT2D eigenvalue weighted by Gasteiger charge is 2.28. The third-order valence-electron chi connectivity index (χ3n) is 4.22. The number of aromatic nitrogens is 2. The Bertz CT molecular complexity index is 573. The molecule has 0 spiro atoms. The first kappa shape index (κ1) is 12.6. The van der Waals surface area contributed by atoms with Crippen molar-refractivity contribution in [1.29, 1.82) is 0 Å². The molecule has 0 radical (unpaired) electrons. The first-order chi connectivity index (χ1) is 9.20. The molecular formula is C15H22N4. The van der Waals surface area contributed by atoms with Gasteiger partial charge in [0.05, 0.1) is 11.7 Å². The summed E-state index contributed by atoms with van der Waals surface area (Å²) in [6, 6.07) is 4.77. The third kappa shape index (κ3) is 2.15. The molecule has 1 fully saturated rings. The zero-order chi connectivity index (χ0) is 13.4. The van der Waals surface area contributed by atoms with Crippen LogP contribution in [-0.4, -0.2) is 33.4 Å². The lowest BCUT2D eigenvalue weighted by molar-refractivity contribution is 0.272. The molecule has 0 amide bonds. The van der Waals surface area contributed by atoms with E-state index in [4.69, 9.17) is 5.73 Å². The van der Waals surface area contributed by atoms with Crippen molar-refractivity contribution >= 4 is 5.52 Å². The maximum absolute atomic E-state index is 5.79. The Kier molecular flexibility index (Phi) is 3.29. The summed E-state index contributed by atoms with van der Waals surface area (Å²) < 4.78 is 2.22. The fraction of sp³-hybridized carbons (Fsp3) is 0.533.